The number of sulfonamides is 1. The maximum absolute atomic E-state index is 13.1. The first kappa shape index (κ1) is 32.9. The highest BCUT2D eigenvalue weighted by Crippen LogP contribution is 2.28. The van der Waals surface area contributed by atoms with Crippen LogP contribution >= 0.6 is 0 Å². The predicted octanol–water partition coefficient (Wildman–Crippen LogP) is 3.64. The van der Waals surface area contributed by atoms with Gasteiger partial charge >= 0.3 is 12.1 Å². The highest BCUT2D eigenvalue weighted by atomic mass is 32.2. The second-order valence-corrected chi connectivity index (χ2v) is 14.1. The molecule has 1 aliphatic heterocycles. The summed E-state index contributed by atoms with van der Waals surface area (Å²) >= 11 is 0. The molecule has 1 aliphatic rings. The van der Waals surface area contributed by atoms with Gasteiger partial charge in [0.2, 0.25) is 10.0 Å². The molecule has 1 atom stereocenters. The lowest BCUT2D eigenvalue weighted by atomic mass is 9.87. The van der Waals surface area contributed by atoms with Crippen molar-refractivity contribution in [3.05, 3.63) is 59.7 Å². The lowest BCUT2D eigenvalue weighted by molar-refractivity contribution is -0.138. The van der Waals surface area contributed by atoms with Crippen LogP contribution in [0.2, 0.25) is 0 Å². The maximum Gasteiger partial charge on any atom is 0.407 e. The van der Waals surface area contributed by atoms with Crippen molar-refractivity contribution in [1.29, 1.82) is 0 Å². The van der Waals surface area contributed by atoms with E-state index in [1.807, 2.05) is 41.5 Å². The van der Waals surface area contributed by atoms with E-state index in [1.54, 1.807) is 42.5 Å². The number of nitrogens with zero attached hydrogens (tertiary/aromatic N) is 1. The largest absolute Gasteiger partial charge is 0.480 e. The Hall–Kier alpha value is -3.64. The van der Waals surface area contributed by atoms with Crippen LogP contribution in [0.25, 0.3) is 0 Å². The first-order valence-corrected chi connectivity index (χ1v) is 15.4. The molecule has 2 aromatic rings. The first-order chi connectivity index (χ1) is 19.5. The van der Waals surface area contributed by atoms with Gasteiger partial charge in [0.25, 0.3) is 5.91 Å². The Morgan fingerprint density at radius 3 is 2.12 bits per heavy atom. The lowest BCUT2D eigenvalue weighted by Gasteiger charge is -2.34. The van der Waals surface area contributed by atoms with Crippen LogP contribution in [0.4, 0.5) is 10.5 Å². The number of rotatable bonds is 9. The van der Waals surface area contributed by atoms with Crippen molar-refractivity contribution in [3.63, 3.8) is 0 Å². The van der Waals surface area contributed by atoms with Gasteiger partial charge in [0.05, 0.1) is 4.90 Å². The number of carbonyl (C=O) groups is 3. The van der Waals surface area contributed by atoms with Crippen LogP contribution in [0, 0.1) is 0 Å². The molecule has 1 heterocycles. The fourth-order valence-corrected chi connectivity index (χ4v) is 6.23. The van der Waals surface area contributed by atoms with Crippen LogP contribution in [0.3, 0.4) is 0 Å². The molecule has 1 fully saturated rings. The van der Waals surface area contributed by atoms with E-state index in [9.17, 15) is 27.9 Å². The van der Waals surface area contributed by atoms with Crippen molar-refractivity contribution in [2.24, 2.45) is 0 Å². The molecule has 2 amide bonds. The maximum atomic E-state index is 13.1. The van der Waals surface area contributed by atoms with Crippen molar-refractivity contribution in [3.8, 4) is 0 Å². The van der Waals surface area contributed by atoms with Gasteiger partial charge in [0.1, 0.15) is 11.6 Å². The quantitative estimate of drug-likeness (QED) is 0.339. The molecular weight excluding hydrogens is 560 g/mol. The van der Waals surface area contributed by atoms with Gasteiger partial charge in [-0.1, -0.05) is 39.0 Å². The summed E-state index contributed by atoms with van der Waals surface area (Å²) < 4.78 is 33.8. The SMILES string of the molecule is CC(C)(C)OC(=O)NC1CCN(c2ccc(C(=O)NC[C@H](NS(=O)(=O)c3ccccc3C(C)(C)C)C(=O)O)cc2)CC1. The normalized spacial score (nSPS) is 15.5. The number of nitrogens with one attached hydrogen (secondary N) is 3. The number of carboxylic acids is 1. The molecule has 11 nitrogen and oxygen atoms in total. The third-order valence-electron chi connectivity index (χ3n) is 6.76. The van der Waals surface area contributed by atoms with E-state index in [0.717, 1.165) is 18.5 Å². The zero-order valence-corrected chi connectivity index (χ0v) is 25.9. The Bertz CT molecular complexity index is 1370. The highest BCUT2D eigenvalue weighted by Gasteiger charge is 2.30. The zero-order chi connectivity index (χ0) is 31.3. The van der Waals surface area contributed by atoms with E-state index < -0.39 is 51.6 Å². The standard InChI is InChI=1S/C30H42N4O7S/c1-29(2,3)23-9-7-8-10-25(23)42(39,40)33-24(27(36)37)19-31-26(35)20-11-13-22(14-12-20)34-17-15-21(16-18-34)32-28(38)41-30(4,5)6/h7-14,21,24,33H,15-19H2,1-6H3,(H,31,35)(H,32,38)(H,36,37)/t24-/m0/s1. The van der Waals surface area contributed by atoms with Gasteiger partial charge in [-0.2, -0.15) is 4.72 Å². The van der Waals surface area contributed by atoms with Crippen LogP contribution in [0.1, 0.15) is 70.3 Å². The Morgan fingerprint density at radius 1 is 0.976 bits per heavy atom. The number of amides is 2. The van der Waals surface area contributed by atoms with E-state index >= 15 is 0 Å². The molecule has 1 saturated heterocycles. The average molecular weight is 603 g/mol. The fourth-order valence-electron chi connectivity index (χ4n) is 4.63. The summed E-state index contributed by atoms with van der Waals surface area (Å²) in [7, 11) is -4.19. The average Bonchev–Trinajstić information content (AvgIpc) is 2.89. The third kappa shape index (κ3) is 9.18. The van der Waals surface area contributed by atoms with Gasteiger partial charge in [0.15, 0.2) is 0 Å². The summed E-state index contributed by atoms with van der Waals surface area (Å²) in [4.78, 5) is 38.9. The number of piperidine rings is 1. The van der Waals surface area contributed by atoms with Crippen LogP contribution in [0.15, 0.2) is 53.4 Å². The number of hydrogen-bond donors (Lipinski definition) is 4. The molecule has 42 heavy (non-hydrogen) atoms. The third-order valence-corrected chi connectivity index (χ3v) is 8.29. The van der Waals surface area contributed by atoms with Gasteiger partial charge in [-0.25, -0.2) is 13.2 Å². The number of anilines is 1. The minimum absolute atomic E-state index is 0.00433. The zero-order valence-electron chi connectivity index (χ0n) is 25.1. The number of aliphatic carboxylic acids is 1. The molecular formula is C30H42N4O7S. The number of carboxylic acid groups (broad SMARTS) is 1. The summed E-state index contributed by atoms with van der Waals surface area (Å²) in [6.45, 7) is 12.0. The van der Waals surface area contributed by atoms with Crippen molar-refractivity contribution in [2.75, 3.05) is 24.5 Å². The molecule has 0 bridgehead atoms. The van der Waals surface area contributed by atoms with Gasteiger partial charge < -0.3 is 25.4 Å². The molecule has 3 rings (SSSR count). The second kappa shape index (κ2) is 13.1. The summed E-state index contributed by atoms with van der Waals surface area (Å²) in [6, 6.07) is 11.8. The molecule has 230 valence electrons. The van der Waals surface area contributed by atoms with Crippen molar-refractivity contribution in [2.45, 2.75) is 82.4 Å². The summed E-state index contributed by atoms with van der Waals surface area (Å²) in [5, 5.41) is 15.1. The van der Waals surface area contributed by atoms with Crippen molar-refractivity contribution < 1.29 is 32.6 Å². The Balaban J connectivity index is 1.57. The monoisotopic (exact) mass is 602 g/mol. The van der Waals surface area contributed by atoms with Crippen LogP contribution < -0.4 is 20.3 Å². The van der Waals surface area contributed by atoms with Gasteiger partial charge in [0, 0.05) is 36.9 Å². The van der Waals surface area contributed by atoms with Gasteiger partial charge in [-0.05, 0) is 74.9 Å². The van der Waals surface area contributed by atoms with E-state index in [-0.39, 0.29) is 10.9 Å². The van der Waals surface area contributed by atoms with Crippen LogP contribution in [0.5, 0.6) is 0 Å². The Morgan fingerprint density at radius 2 is 1.57 bits per heavy atom. The number of carbonyl (C=O) groups excluding carboxylic acids is 2. The Kier molecular flexibility index (Phi) is 10.3. The molecule has 0 aromatic heterocycles. The second-order valence-electron chi connectivity index (χ2n) is 12.4. The number of hydrogen-bond acceptors (Lipinski definition) is 7. The molecule has 2 aromatic carbocycles. The molecule has 4 N–H and O–H groups in total. The predicted molar refractivity (Wildman–Crippen MR) is 160 cm³/mol. The molecule has 12 heteroatoms. The molecule has 0 radical (unpaired) electrons. The van der Waals surface area contributed by atoms with Crippen LogP contribution in [-0.4, -0.2) is 68.8 Å². The lowest BCUT2D eigenvalue weighted by Crippen LogP contribution is -2.48. The van der Waals surface area contributed by atoms with Gasteiger partial charge in [-0.15, -0.1) is 0 Å². The number of ether oxygens (including phenoxy) is 1. The van der Waals surface area contributed by atoms with Gasteiger partial charge in [-0.3, -0.25) is 9.59 Å². The summed E-state index contributed by atoms with van der Waals surface area (Å²) in [5.41, 5.74) is 0.729. The van der Waals surface area contributed by atoms with E-state index in [2.05, 4.69) is 20.3 Å². The van der Waals surface area contributed by atoms with Crippen molar-refractivity contribution >= 4 is 33.7 Å². The minimum atomic E-state index is -4.19. The Labute approximate surface area is 248 Å². The van der Waals surface area contributed by atoms with E-state index in [4.69, 9.17) is 4.74 Å². The molecule has 0 aliphatic carbocycles. The molecule has 0 spiro atoms. The summed E-state index contributed by atoms with van der Waals surface area (Å²) in [5.74, 6) is -1.94. The molecule has 0 saturated carbocycles. The number of benzene rings is 2. The first-order valence-electron chi connectivity index (χ1n) is 13.9. The van der Waals surface area contributed by atoms with Crippen molar-refractivity contribution in [1.82, 2.24) is 15.4 Å². The smallest absolute Gasteiger partial charge is 0.407 e. The molecule has 0 unspecified atom stereocenters. The summed E-state index contributed by atoms with van der Waals surface area (Å²) in [6.07, 6.45) is 1.06. The fraction of sp³-hybridized carbons (Fsp3) is 0.500. The van der Waals surface area contributed by atoms with E-state index in [1.165, 1.54) is 6.07 Å². The number of alkyl carbamates (subject to hydrolysis) is 1. The van der Waals surface area contributed by atoms with Crippen LogP contribution in [-0.2, 0) is 25.0 Å². The topological polar surface area (TPSA) is 154 Å². The highest BCUT2D eigenvalue weighted by molar-refractivity contribution is 7.89. The van der Waals surface area contributed by atoms with E-state index in [0.29, 0.717) is 24.2 Å². The minimum Gasteiger partial charge on any atom is -0.480 e.